The lowest BCUT2D eigenvalue weighted by Crippen LogP contribution is -2.09. The second kappa shape index (κ2) is 7.66. The normalized spacial score (nSPS) is 10.5. The van der Waals surface area contributed by atoms with Crippen molar-refractivity contribution < 1.29 is 14.2 Å². The van der Waals surface area contributed by atoms with Gasteiger partial charge in [0.2, 0.25) is 5.75 Å². The van der Waals surface area contributed by atoms with Crippen LogP contribution in [0.5, 0.6) is 17.2 Å². The predicted octanol–water partition coefficient (Wildman–Crippen LogP) is 4.57. The van der Waals surface area contributed by atoms with Crippen molar-refractivity contribution in [3.8, 4) is 38.8 Å². The van der Waals surface area contributed by atoms with Gasteiger partial charge in [0.05, 0.1) is 26.2 Å². The molecule has 3 rings (SSSR count). The molecule has 1 heterocycles. The van der Waals surface area contributed by atoms with Crippen molar-refractivity contribution in [3.63, 3.8) is 0 Å². The van der Waals surface area contributed by atoms with Gasteiger partial charge < -0.3 is 19.1 Å². The number of hydrogen-bond donors (Lipinski definition) is 0. The maximum Gasteiger partial charge on any atom is 0.203 e. The SMILES string of the molecule is COc1cc(-c2cnsc2-c2ccccc2N(C)C)cc(OC)c1OC. The molecule has 3 aromatic rings. The van der Waals surface area contributed by atoms with Crippen LogP contribution in [-0.4, -0.2) is 39.8 Å². The third-order valence-electron chi connectivity index (χ3n) is 4.18. The first-order valence-electron chi connectivity index (χ1n) is 8.12. The molecule has 0 saturated carbocycles. The number of anilines is 1. The van der Waals surface area contributed by atoms with Crippen molar-refractivity contribution in [3.05, 3.63) is 42.6 Å². The highest BCUT2D eigenvalue weighted by Crippen LogP contribution is 2.45. The zero-order chi connectivity index (χ0) is 18.7. The second-order valence-corrected chi connectivity index (χ2v) is 6.70. The Balaban J connectivity index is 2.19. The van der Waals surface area contributed by atoms with Crippen LogP contribution in [0.3, 0.4) is 0 Å². The maximum absolute atomic E-state index is 5.49. The number of aromatic nitrogens is 1. The van der Waals surface area contributed by atoms with Crippen LogP contribution in [0.25, 0.3) is 21.6 Å². The number of ether oxygens (including phenoxy) is 3. The highest BCUT2D eigenvalue weighted by atomic mass is 32.1. The van der Waals surface area contributed by atoms with Gasteiger partial charge in [0, 0.05) is 37.1 Å². The van der Waals surface area contributed by atoms with Gasteiger partial charge in [-0.25, -0.2) is 0 Å². The maximum atomic E-state index is 5.49. The van der Waals surface area contributed by atoms with E-state index in [0.717, 1.165) is 27.3 Å². The van der Waals surface area contributed by atoms with Crippen LogP contribution in [0.2, 0.25) is 0 Å². The summed E-state index contributed by atoms with van der Waals surface area (Å²) in [6.45, 7) is 0. The van der Waals surface area contributed by atoms with E-state index >= 15 is 0 Å². The molecule has 0 fully saturated rings. The summed E-state index contributed by atoms with van der Waals surface area (Å²) in [5.74, 6) is 1.83. The average molecular weight is 370 g/mol. The summed E-state index contributed by atoms with van der Waals surface area (Å²) in [7, 11) is 8.92. The first kappa shape index (κ1) is 18.1. The largest absolute Gasteiger partial charge is 0.493 e. The van der Waals surface area contributed by atoms with E-state index in [2.05, 4.69) is 21.4 Å². The van der Waals surface area contributed by atoms with Crippen LogP contribution in [0.1, 0.15) is 0 Å². The molecule has 1 aromatic heterocycles. The minimum Gasteiger partial charge on any atom is -0.493 e. The summed E-state index contributed by atoms with van der Waals surface area (Å²) >= 11 is 1.48. The Bertz CT molecular complexity index is 881. The third-order valence-corrected chi connectivity index (χ3v) is 5.01. The van der Waals surface area contributed by atoms with Gasteiger partial charge in [0.15, 0.2) is 11.5 Å². The van der Waals surface area contributed by atoms with Gasteiger partial charge in [-0.05, 0) is 35.3 Å². The highest BCUT2D eigenvalue weighted by Gasteiger charge is 2.19. The van der Waals surface area contributed by atoms with Gasteiger partial charge in [-0.3, -0.25) is 0 Å². The topological polar surface area (TPSA) is 43.8 Å². The average Bonchev–Trinajstić information content (AvgIpc) is 3.16. The van der Waals surface area contributed by atoms with Crippen molar-refractivity contribution in [2.45, 2.75) is 0 Å². The number of para-hydroxylation sites is 1. The molecule has 26 heavy (non-hydrogen) atoms. The molecule has 0 atom stereocenters. The van der Waals surface area contributed by atoms with Gasteiger partial charge >= 0.3 is 0 Å². The van der Waals surface area contributed by atoms with Crippen molar-refractivity contribution >= 4 is 17.2 Å². The van der Waals surface area contributed by atoms with Crippen LogP contribution in [0.4, 0.5) is 5.69 Å². The molecule has 0 radical (unpaired) electrons. The van der Waals surface area contributed by atoms with E-state index in [1.54, 1.807) is 21.3 Å². The van der Waals surface area contributed by atoms with Crippen molar-refractivity contribution in [2.75, 3.05) is 40.3 Å². The van der Waals surface area contributed by atoms with Crippen LogP contribution in [0, 0.1) is 0 Å². The quantitative estimate of drug-likeness (QED) is 0.636. The molecule has 0 unspecified atom stereocenters. The molecule has 2 aromatic carbocycles. The molecule has 0 saturated heterocycles. The van der Waals surface area contributed by atoms with E-state index in [1.165, 1.54) is 11.5 Å². The fraction of sp³-hybridized carbons (Fsp3) is 0.250. The molecule has 136 valence electrons. The smallest absolute Gasteiger partial charge is 0.203 e. The van der Waals surface area contributed by atoms with E-state index in [9.17, 15) is 0 Å². The lowest BCUT2D eigenvalue weighted by molar-refractivity contribution is 0.324. The Kier molecular flexibility index (Phi) is 5.32. The summed E-state index contributed by atoms with van der Waals surface area (Å²) < 4.78 is 20.9. The Morgan fingerprint density at radius 2 is 1.54 bits per heavy atom. The van der Waals surface area contributed by atoms with Gasteiger partial charge in [0.25, 0.3) is 0 Å². The summed E-state index contributed by atoms with van der Waals surface area (Å²) in [5.41, 5.74) is 4.29. The van der Waals surface area contributed by atoms with Crippen molar-refractivity contribution in [2.24, 2.45) is 0 Å². The summed E-state index contributed by atoms with van der Waals surface area (Å²) in [6.07, 6.45) is 1.88. The van der Waals surface area contributed by atoms with Gasteiger partial charge in [0.1, 0.15) is 0 Å². The number of nitrogens with zero attached hydrogens (tertiary/aromatic N) is 2. The van der Waals surface area contributed by atoms with Crippen molar-refractivity contribution in [1.29, 1.82) is 0 Å². The first-order valence-corrected chi connectivity index (χ1v) is 8.89. The number of methoxy groups -OCH3 is 3. The van der Waals surface area contributed by atoms with Crippen LogP contribution >= 0.6 is 11.5 Å². The van der Waals surface area contributed by atoms with E-state index in [0.29, 0.717) is 17.2 Å². The summed E-state index contributed by atoms with van der Waals surface area (Å²) in [6, 6.07) is 12.2. The number of hydrogen-bond acceptors (Lipinski definition) is 6. The fourth-order valence-electron chi connectivity index (χ4n) is 2.93. The molecule has 0 aliphatic carbocycles. The minimum atomic E-state index is 0.581. The monoisotopic (exact) mass is 370 g/mol. The zero-order valence-electron chi connectivity index (χ0n) is 15.6. The first-order chi connectivity index (χ1) is 12.6. The lowest BCUT2D eigenvalue weighted by Gasteiger charge is -2.18. The molecular weight excluding hydrogens is 348 g/mol. The minimum absolute atomic E-state index is 0.581. The van der Waals surface area contributed by atoms with E-state index in [1.807, 2.05) is 44.6 Å². The molecule has 0 amide bonds. The highest BCUT2D eigenvalue weighted by molar-refractivity contribution is 7.10. The Morgan fingerprint density at radius 1 is 0.885 bits per heavy atom. The van der Waals surface area contributed by atoms with Gasteiger partial charge in [-0.1, -0.05) is 18.2 Å². The van der Waals surface area contributed by atoms with Crippen LogP contribution < -0.4 is 19.1 Å². The molecule has 0 aliphatic heterocycles. The molecule has 6 heteroatoms. The second-order valence-electron chi connectivity index (χ2n) is 5.89. The zero-order valence-corrected chi connectivity index (χ0v) is 16.4. The van der Waals surface area contributed by atoms with E-state index in [4.69, 9.17) is 14.2 Å². The summed E-state index contributed by atoms with van der Waals surface area (Å²) in [5, 5.41) is 0. The Morgan fingerprint density at radius 3 is 2.12 bits per heavy atom. The van der Waals surface area contributed by atoms with E-state index < -0.39 is 0 Å². The standard InChI is InChI=1S/C20H22N2O3S/c1-22(2)16-9-7-6-8-14(16)20-15(12-21-26-20)13-10-17(23-3)19(25-5)18(11-13)24-4/h6-12H,1-5H3. The fourth-order valence-corrected chi connectivity index (χ4v) is 3.74. The van der Waals surface area contributed by atoms with Gasteiger partial charge in [-0.2, -0.15) is 4.37 Å². The molecular formula is C20H22N2O3S. The lowest BCUT2D eigenvalue weighted by atomic mass is 10.0. The van der Waals surface area contributed by atoms with Gasteiger partial charge in [-0.15, -0.1) is 0 Å². The van der Waals surface area contributed by atoms with Crippen LogP contribution in [0.15, 0.2) is 42.6 Å². The summed E-state index contributed by atoms with van der Waals surface area (Å²) in [4.78, 5) is 3.21. The molecule has 0 N–H and O–H groups in total. The number of rotatable bonds is 6. The van der Waals surface area contributed by atoms with Crippen molar-refractivity contribution in [1.82, 2.24) is 4.37 Å². The molecule has 0 aliphatic rings. The predicted molar refractivity (Wildman–Crippen MR) is 107 cm³/mol. The molecule has 5 nitrogen and oxygen atoms in total. The Hall–Kier alpha value is -2.73. The molecule has 0 bridgehead atoms. The molecule has 0 spiro atoms. The van der Waals surface area contributed by atoms with Crippen LogP contribution in [-0.2, 0) is 0 Å². The third kappa shape index (κ3) is 3.20. The Labute approximate surface area is 157 Å². The van der Waals surface area contributed by atoms with E-state index in [-0.39, 0.29) is 0 Å². The number of benzene rings is 2.